The highest BCUT2D eigenvalue weighted by Crippen LogP contribution is 2.38. The summed E-state index contributed by atoms with van der Waals surface area (Å²) in [5.41, 5.74) is 1.48. The minimum Gasteiger partial charge on any atom is -0.465 e. The van der Waals surface area contributed by atoms with Crippen molar-refractivity contribution in [3.63, 3.8) is 0 Å². The van der Waals surface area contributed by atoms with Gasteiger partial charge in [-0.3, -0.25) is 0 Å². The zero-order valence-corrected chi connectivity index (χ0v) is 10.5. The zero-order valence-electron chi connectivity index (χ0n) is 10.5. The second-order valence-corrected chi connectivity index (χ2v) is 4.77. The molecule has 17 heavy (non-hydrogen) atoms. The van der Waals surface area contributed by atoms with Crippen molar-refractivity contribution in [2.45, 2.75) is 38.4 Å². The molecule has 0 amide bonds. The minimum absolute atomic E-state index is 0.214. The lowest BCUT2D eigenvalue weighted by Gasteiger charge is -2.25. The molecule has 2 atom stereocenters. The summed E-state index contributed by atoms with van der Waals surface area (Å²) in [5, 5.41) is 0. The molecular formula is C14H18O3. The zero-order chi connectivity index (χ0) is 12.5. The number of carbonyl (C=O) groups excluding carboxylic acids is 1. The van der Waals surface area contributed by atoms with Gasteiger partial charge in [-0.25, -0.2) is 4.79 Å². The number of methoxy groups -OCH3 is 1. The van der Waals surface area contributed by atoms with E-state index >= 15 is 0 Å². The normalized spacial score (nSPS) is 28.1. The van der Waals surface area contributed by atoms with E-state index in [-0.39, 0.29) is 11.6 Å². The molecule has 3 nitrogen and oxygen atoms in total. The molecule has 92 valence electrons. The van der Waals surface area contributed by atoms with Crippen molar-refractivity contribution in [2.75, 3.05) is 7.11 Å². The lowest BCUT2D eigenvalue weighted by Crippen LogP contribution is -2.21. The van der Waals surface area contributed by atoms with Gasteiger partial charge >= 0.3 is 5.97 Å². The summed E-state index contributed by atoms with van der Waals surface area (Å²) in [6.45, 7) is 4.19. The Kier molecular flexibility index (Phi) is 3.20. The van der Waals surface area contributed by atoms with Crippen LogP contribution in [0, 0.1) is 0 Å². The summed E-state index contributed by atoms with van der Waals surface area (Å²) in [4.78, 5) is 11.3. The molecule has 0 unspecified atom stereocenters. The van der Waals surface area contributed by atoms with Gasteiger partial charge in [0.15, 0.2) is 0 Å². The second-order valence-electron chi connectivity index (χ2n) is 4.77. The highest BCUT2D eigenvalue weighted by molar-refractivity contribution is 5.89. The van der Waals surface area contributed by atoms with Crippen LogP contribution in [0.5, 0.6) is 0 Å². The highest BCUT2D eigenvalue weighted by Gasteiger charge is 2.35. The summed E-state index contributed by atoms with van der Waals surface area (Å²) in [5.74, 6) is -0.303. The Hall–Kier alpha value is -1.35. The summed E-state index contributed by atoms with van der Waals surface area (Å²) < 4.78 is 10.6. The molecular weight excluding hydrogens is 216 g/mol. The number of hydrogen-bond donors (Lipinski definition) is 0. The fraction of sp³-hybridized carbons (Fsp3) is 0.500. The van der Waals surface area contributed by atoms with Gasteiger partial charge in [-0.15, -0.1) is 0 Å². The van der Waals surface area contributed by atoms with E-state index in [0.29, 0.717) is 11.7 Å². The Balaban J connectivity index is 2.21. The Bertz CT molecular complexity index is 410. The van der Waals surface area contributed by atoms with Crippen LogP contribution in [-0.4, -0.2) is 19.2 Å². The standard InChI is InChI=1S/C14H18O3/c1-10-8-9-14(2,17-10)12-6-4-11(5-7-12)13(15)16-3/h4-7,10H,8-9H2,1-3H3/t10-,14+/m1/s1. The van der Waals surface area contributed by atoms with Crippen molar-refractivity contribution >= 4 is 5.97 Å². The van der Waals surface area contributed by atoms with Crippen LogP contribution in [0.3, 0.4) is 0 Å². The van der Waals surface area contributed by atoms with Gasteiger partial charge in [0.1, 0.15) is 0 Å². The fourth-order valence-electron chi connectivity index (χ4n) is 2.33. The number of carbonyl (C=O) groups is 1. The third kappa shape index (κ3) is 2.34. The van der Waals surface area contributed by atoms with Crippen molar-refractivity contribution in [1.29, 1.82) is 0 Å². The summed E-state index contributed by atoms with van der Waals surface area (Å²) in [6, 6.07) is 7.48. The Morgan fingerprint density at radius 3 is 2.53 bits per heavy atom. The Morgan fingerprint density at radius 1 is 1.41 bits per heavy atom. The average molecular weight is 234 g/mol. The smallest absolute Gasteiger partial charge is 0.337 e. The van der Waals surface area contributed by atoms with E-state index in [1.807, 2.05) is 12.1 Å². The molecule has 1 fully saturated rings. The van der Waals surface area contributed by atoms with Crippen molar-refractivity contribution in [2.24, 2.45) is 0 Å². The van der Waals surface area contributed by atoms with Crippen LogP contribution in [0.4, 0.5) is 0 Å². The van der Waals surface area contributed by atoms with Crippen LogP contribution in [-0.2, 0) is 15.1 Å². The van der Waals surface area contributed by atoms with Crippen LogP contribution >= 0.6 is 0 Å². The molecule has 1 aromatic carbocycles. The van der Waals surface area contributed by atoms with Crippen molar-refractivity contribution in [3.8, 4) is 0 Å². The number of rotatable bonds is 2. The van der Waals surface area contributed by atoms with Crippen LogP contribution in [0.15, 0.2) is 24.3 Å². The van der Waals surface area contributed by atoms with Gasteiger partial charge in [0.25, 0.3) is 0 Å². The molecule has 1 aliphatic heterocycles. The average Bonchev–Trinajstić information content (AvgIpc) is 2.70. The number of benzene rings is 1. The Morgan fingerprint density at radius 2 is 2.06 bits per heavy atom. The molecule has 0 radical (unpaired) electrons. The minimum atomic E-state index is -0.303. The van der Waals surface area contributed by atoms with E-state index in [1.54, 1.807) is 12.1 Å². The first-order valence-electron chi connectivity index (χ1n) is 5.92. The molecule has 0 aromatic heterocycles. The first kappa shape index (κ1) is 12.1. The van der Waals surface area contributed by atoms with Crippen LogP contribution < -0.4 is 0 Å². The van der Waals surface area contributed by atoms with Crippen LogP contribution in [0.1, 0.15) is 42.6 Å². The molecule has 3 heteroatoms. The van der Waals surface area contributed by atoms with Crippen LogP contribution in [0.2, 0.25) is 0 Å². The van der Waals surface area contributed by atoms with Gasteiger partial charge in [0.2, 0.25) is 0 Å². The van der Waals surface area contributed by atoms with Gasteiger partial charge in [0.05, 0.1) is 24.4 Å². The predicted molar refractivity (Wildman–Crippen MR) is 64.9 cm³/mol. The number of ether oxygens (including phenoxy) is 2. The third-order valence-electron chi connectivity index (χ3n) is 3.41. The first-order valence-corrected chi connectivity index (χ1v) is 5.92. The van der Waals surface area contributed by atoms with Crippen LogP contribution in [0.25, 0.3) is 0 Å². The maximum atomic E-state index is 11.3. The van der Waals surface area contributed by atoms with E-state index in [4.69, 9.17) is 4.74 Å². The quantitative estimate of drug-likeness (QED) is 0.738. The number of esters is 1. The van der Waals surface area contributed by atoms with Crippen molar-refractivity contribution < 1.29 is 14.3 Å². The SMILES string of the molecule is COC(=O)c1ccc([C@]2(C)CC[C@@H](C)O2)cc1. The molecule has 0 bridgehead atoms. The first-order chi connectivity index (χ1) is 8.05. The topological polar surface area (TPSA) is 35.5 Å². The summed E-state index contributed by atoms with van der Waals surface area (Å²) in [6.07, 6.45) is 2.40. The summed E-state index contributed by atoms with van der Waals surface area (Å²) in [7, 11) is 1.39. The predicted octanol–water partition coefficient (Wildman–Crippen LogP) is 2.89. The largest absolute Gasteiger partial charge is 0.465 e. The molecule has 0 N–H and O–H groups in total. The summed E-state index contributed by atoms with van der Waals surface area (Å²) >= 11 is 0. The van der Waals surface area contributed by atoms with Gasteiger partial charge < -0.3 is 9.47 Å². The molecule has 1 aromatic rings. The molecule has 0 aliphatic carbocycles. The molecule has 1 aliphatic rings. The molecule has 1 saturated heterocycles. The van der Waals surface area contributed by atoms with E-state index < -0.39 is 0 Å². The van der Waals surface area contributed by atoms with Gasteiger partial charge in [-0.05, 0) is 44.4 Å². The van der Waals surface area contributed by atoms with E-state index in [1.165, 1.54) is 7.11 Å². The monoisotopic (exact) mass is 234 g/mol. The van der Waals surface area contributed by atoms with Gasteiger partial charge in [-0.2, -0.15) is 0 Å². The van der Waals surface area contributed by atoms with Crippen molar-refractivity contribution in [3.05, 3.63) is 35.4 Å². The fourth-order valence-corrected chi connectivity index (χ4v) is 2.33. The van der Waals surface area contributed by atoms with E-state index in [9.17, 15) is 4.79 Å². The lowest BCUT2D eigenvalue weighted by atomic mass is 9.92. The Labute approximate surface area is 102 Å². The highest BCUT2D eigenvalue weighted by atomic mass is 16.5. The maximum absolute atomic E-state index is 11.3. The van der Waals surface area contributed by atoms with Crippen molar-refractivity contribution in [1.82, 2.24) is 0 Å². The second kappa shape index (κ2) is 4.49. The van der Waals surface area contributed by atoms with Gasteiger partial charge in [-0.1, -0.05) is 12.1 Å². The number of hydrogen-bond acceptors (Lipinski definition) is 3. The molecule has 1 heterocycles. The molecule has 0 spiro atoms. The lowest BCUT2D eigenvalue weighted by molar-refractivity contribution is -0.0245. The van der Waals surface area contributed by atoms with Gasteiger partial charge in [0, 0.05) is 0 Å². The maximum Gasteiger partial charge on any atom is 0.337 e. The van der Waals surface area contributed by atoms with E-state index in [2.05, 4.69) is 18.6 Å². The third-order valence-corrected chi connectivity index (χ3v) is 3.41. The van der Waals surface area contributed by atoms with E-state index in [0.717, 1.165) is 18.4 Å². The molecule has 2 rings (SSSR count). The molecule has 0 saturated carbocycles.